The molecule has 172 valence electrons. The third kappa shape index (κ3) is 4.87. The van der Waals surface area contributed by atoms with Crippen molar-refractivity contribution in [3.63, 3.8) is 0 Å². The zero-order valence-electron chi connectivity index (χ0n) is 19.3. The Kier molecular flexibility index (Phi) is 6.53. The standard InChI is InChI=1S/C25H36N6O/c1-2-12-30(17-19-5-6-19)25(32)22-7-8-23-27-28-24(31(23)18-22)21-9-13-29(14-10-21)16-20-4-3-11-26-15-20/h3-4,11,15,19,21-22H,2,5-10,12-14,16-18H2,1H3. The Balaban J connectivity index is 1.21. The number of piperidine rings is 1. The number of aryl methyl sites for hydroxylation is 1. The summed E-state index contributed by atoms with van der Waals surface area (Å²) in [5.74, 6) is 3.80. The summed E-state index contributed by atoms with van der Waals surface area (Å²) in [6.07, 6.45) is 11.4. The third-order valence-corrected chi connectivity index (χ3v) is 7.39. The van der Waals surface area contributed by atoms with Crippen LogP contribution < -0.4 is 0 Å². The van der Waals surface area contributed by atoms with Crippen LogP contribution in [0.25, 0.3) is 0 Å². The Morgan fingerprint density at radius 2 is 2.00 bits per heavy atom. The number of hydrogen-bond donors (Lipinski definition) is 0. The molecule has 0 aromatic carbocycles. The molecule has 1 unspecified atom stereocenters. The molecule has 32 heavy (non-hydrogen) atoms. The smallest absolute Gasteiger partial charge is 0.227 e. The Morgan fingerprint density at radius 1 is 1.16 bits per heavy atom. The number of hydrogen-bond acceptors (Lipinski definition) is 5. The Hall–Kier alpha value is -2.28. The van der Waals surface area contributed by atoms with Crippen LogP contribution in [-0.2, 0) is 24.3 Å². The van der Waals surface area contributed by atoms with Crippen molar-refractivity contribution in [2.75, 3.05) is 26.2 Å². The van der Waals surface area contributed by atoms with E-state index in [1.54, 1.807) is 0 Å². The van der Waals surface area contributed by atoms with Gasteiger partial charge >= 0.3 is 0 Å². The Bertz CT molecular complexity index is 900. The van der Waals surface area contributed by atoms with Crippen molar-refractivity contribution in [2.45, 2.75) is 70.9 Å². The molecule has 0 spiro atoms. The van der Waals surface area contributed by atoms with E-state index in [1.807, 2.05) is 18.5 Å². The van der Waals surface area contributed by atoms with Gasteiger partial charge in [-0.15, -0.1) is 10.2 Å². The van der Waals surface area contributed by atoms with E-state index in [4.69, 9.17) is 0 Å². The molecule has 4 heterocycles. The van der Waals surface area contributed by atoms with E-state index in [9.17, 15) is 4.79 Å². The van der Waals surface area contributed by atoms with Gasteiger partial charge in [0.2, 0.25) is 5.91 Å². The van der Waals surface area contributed by atoms with Crippen molar-refractivity contribution >= 4 is 5.91 Å². The molecule has 1 saturated heterocycles. The van der Waals surface area contributed by atoms with E-state index in [2.05, 4.69) is 42.5 Å². The maximum Gasteiger partial charge on any atom is 0.227 e. The summed E-state index contributed by atoms with van der Waals surface area (Å²) in [6, 6.07) is 4.16. The molecule has 2 fully saturated rings. The quantitative estimate of drug-likeness (QED) is 0.635. The van der Waals surface area contributed by atoms with Crippen LogP contribution in [0.1, 0.15) is 68.6 Å². The molecule has 2 aliphatic heterocycles. The van der Waals surface area contributed by atoms with Gasteiger partial charge < -0.3 is 9.47 Å². The number of nitrogens with zero attached hydrogens (tertiary/aromatic N) is 6. The van der Waals surface area contributed by atoms with Crippen molar-refractivity contribution in [1.29, 1.82) is 0 Å². The molecule has 1 amide bonds. The van der Waals surface area contributed by atoms with Gasteiger partial charge in [0, 0.05) is 50.9 Å². The fraction of sp³-hybridized carbons (Fsp3) is 0.680. The van der Waals surface area contributed by atoms with Crippen LogP contribution in [0.15, 0.2) is 24.5 Å². The number of amides is 1. The Morgan fingerprint density at radius 3 is 2.72 bits per heavy atom. The maximum atomic E-state index is 13.3. The molecule has 7 nitrogen and oxygen atoms in total. The van der Waals surface area contributed by atoms with Crippen LogP contribution in [0.5, 0.6) is 0 Å². The molecule has 2 aromatic rings. The van der Waals surface area contributed by atoms with Crippen LogP contribution in [0, 0.1) is 11.8 Å². The summed E-state index contributed by atoms with van der Waals surface area (Å²) in [5.41, 5.74) is 1.27. The molecule has 5 rings (SSSR count). The lowest BCUT2D eigenvalue weighted by Crippen LogP contribution is -2.41. The van der Waals surface area contributed by atoms with E-state index < -0.39 is 0 Å². The molecular weight excluding hydrogens is 400 g/mol. The summed E-state index contributed by atoms with van der Waals surface area (Å²) in [5, 5.41) is 9.14. The Labute approximate surface area is 191 Å². The molecule has 0 bridgehead atoms. The van der Waals surface area contributed by atoms with Gasteiger partial charge in [0.25, 0.3) is 0 Å². The van der Waals surface area contributed by atoms with Crippen molar-refractivity contribution in [2.24, 2.45) is 11.8 Å². The first-order chi connectivity index (χ1) is 15.7. The van der Waals surface area contributed by atoms with Crippen LogP contribution in [0.3, 0.4) is 0 Å². The molecule has 0 N–H and O–H groups in total. The molecule has 7 heteroatoms. The minimum atomic E-state index is 0.0771. The van der Waals surface area contributed by atoms with Gasteiger partial charge in [-0.2, -0.15) is 0 Å². The molecule has 1 atom stereocenters. The first-order valence-electron chi connectivity index (χ1n) is 12.5. The van der Waals surface area contributed by atoms with E-state index >= 15 is 0 Å². The average Bonchev–Trinajstić information content (AvgIpc) is 3.55. The zero-order valence-corrected chi connectivity index (χ0v) is 19.3. The number of likely N-dealkylation sites (tertiary alicyclic amines) is 1. The van der Waals surface area contributed by atoms with Gasteiger partial charge in [-0.05, 0) is 69.2 Å². The monoisotopic (exact) mass is 436 g/mol. The minimum Gasteiger partial charge on any atom is -0.342 e. The molecule has 2 aromatic heterocycles. The lowest BCUT2D eigenvalue weighted by Gasteiger charge is -2.33. The maximum absolute atomic E-state index is 13.3. The van der Waals surface area contributed by atoms with Gasteiger partial charge in [-0.25, -0.2) is 0 Å². The highest BCUT2D eigenvalue weighted by molar-refractivity contribution is 5.79. The lowest BCUT2D eigenvalue weighted by molar-refractivity contribution is -0.137. The number of fused-ring (bicyclic) bond motifs is 1. The summed E-state index contributed by atoms with van der Waals surface area (Å²) in [6.45, 7) is 7.88. The minimum absolute atomic E-state index is 0.0771. The second-order valence-electron chi connectivity index (χ2n) is 9.96. The predicted molar refractivity (Wildman–Crippen MR) is 123 cm³/mol. The molecule has 3 aliphatic rings. The SMILES string of the molecule is CCCN(CC1CC1)C(=O)C1CCc2nnc(C3CCN(Cc4cccnc4)CC3)n2C1. The molecular formula is C25H36N6O. The van der Waals surface area contributed by atoms with Crippen molar-refractivity contribution < 1.29 is 4.79 Å². The van der Waals surface area contributed by atoms with Gasteiger partial charge in [-0.1, -0.05) is 13.0 Å². The summed E-state index contributed by atoms with van der Waals surface area (Å²) >= 11 is 0. The number of aromatic nitrogens is 4. The summed E-state index contributed by atoms with van der Waals surface area (Å²) < 4.78 is 2.30. The fourth-order valence-corrected chi connectivity index (χ4v) is 5.38. The lowest BCUT2D eigenvalue weighted by atomic mass is 9.93. The van der Waals surface area contributed by atoms with Gasteiger partial charge in [-0.3, -0.25) is 14.7 Å². The highest BCUT2D eigenvalue weighted by Crippen LogP contribution is 2.33. The highest BCUT2D eigenvalue weighted by Gasteiger charge is 2.35. The third-order valence-electron chi connectivity index (χ3n) is 7.39. The highest BCUT2D eigenvalue weighted by atomic mass is 16.2. The van der Waals surface area contributed by atoms with E-state index in [0.29, 0.717) is 11.8 Å². The predicted octanol–water partition coefficient (Wildman–Crippen LogP) is 3.26. The number of carbonyl (C=O) groups is 1. The topological polar surface area (TPSA) is 67.2 Å². The fourth-order valence-electron chi connectivity index (χ4n) is 5.38. The number of rotatable bonds is 8. The largest absolute Gasteiger partial charge is 0.342 e. The molecule has 0 radical (unpaired) electrons. The van der Waals surface area contributed by atoms with Crippen LogP contribution >= 0.6 is 0 Å². The van der Waals surface area contributed by atoms with Gasteiger partial charge in [0.15, 0.2) is 0 Å². The van der Waals surface area contributed by atoms with E-state index in [-0.39, 0.29) is 5.92 Å². The summed E-state index contributed by atoms with van der Waals surface area (Å²) in [7, 11) is 0. The normalized spacial score (nSPS) is 22.0. The van der Waals surface area contributed by atoms with Crippen LogP contribution in [-0.4, -0.2) is 61.6 Å². The van der Waals surface area contributed by atoms with Crippen LogP contribution in [0.2, 0.25) is 0 Å². The second-order valence-corrected chi connectivity index (χ2v) is 9.96. The van der Waals surface area contributed by atoms with E-state index in [1.165, 1.54) is 18.4 Å². The molecule has 1 aliphatic carbocycles. The zero-order chi connectivity index (χ0) is 21.9. The first-order valence-corrected chi connectivity index (χ1v) is 12.5. The van der Waals surface area contributed by atoms with Gasteiger partial charge in [0.05, 0.1) is 5.92 Å². The first kappa shape index (κ1) is 21.6. The second kappa shape index (κ2) is 9.69. The number of pyridine rings is 1. The molecule has 1 saturated carbocycles. The van der Waals surface area contributed by atoms with Crippen molar-refractivity contribution in [3.05, 3.63) is 41.7 Å². The van der Waals surface area contributed by atoms with Crippen molar-refractivity contribution in [1.82, 2.24) is 29.5 Å². The summed E-state index contributed by atoms with van der Waals surface area (Å²) in [4.78, 5) is 22.2. The van der Waals surface area contributed by atoms with Crippen molar-refractivity contribution in [3.8, 4) is 0 Å². The van der Waals surface area contributed by atoms with E-state index in [0.717, 1.165) is 88.9 Å². The average molecular weight is 437 g/mol. The number of carbonyl (C=O) groups excluding carboxylic acids is 1. The van der Waals surface area contributed by atoms with Gasteiger partial charge in [0.1, 0.15) is 11.6 Å². The van der Waals surface area contributed by atoms with Crippen LogP contribution in [0.4, 0.5) is 0 Å².